The molecule has 0 bridgehead atoms. The number of fused-ring (bicyclic) bond motifs is 1. The summed E-state index contributed by atoms with van der Waals surface area (Å²) in [5.74, 6) is -0.158. The van der Waals surface area contributed by atoms with Crippen molar-refractivity contribution in [3.05, 3.63) is 41.7 Å². The molecule has 1 N–H and O–H groups in total. The Morgan fingerprint density at radius 2 is 2.37 bits per heavy atom. The second-order valence-corrected chi connectivity index (χ2v) is 5.35. The number of nitrogens with zero attached hydrogens (tertiary/aromatic N) is 3. The third-order valence-corrected chi connectivity index (χ3v) is 3.63. The molecule has 0 saturated heterocycles. The van der Waals surface area contributed by atoms with E-state index in [1.807, 2.05) is 12.1 Å². The smallest absolute Gasteiger partial charge is 0.247 e. The molecule has 96 valence electrons. The highest BCUT2D eigenvalue weighted by Gasteiger charge is 2.08. The lowest BCUT2D eigenvalue weighted by Gasteiger charge is -2.00. The van der Waals surface area contributed by atoms with Gasteiger partial charge in [0.15, 0.2) is 5.13 Å². The number of amides is 1. The van der Waals surface area contributed by atoms with Crippen LogP contribution in [0.15, 0.2) is 36.7 Å². The minimum atomic E-state index is -0.158. The van der Waals surface area contributed by atoms with Gasteiger partial charge in [-0.3, -0.25) is 9.48 Å². The number of benzene rings is 1. The molecule has 7 heteroatoms. The molecule has 0 atom stereocenters. The van der Waals surface area contributed by atoms with Gasteiger partial charge >= 0.3 is 0 Å². The van der Waals surface area contributed by atoms with Crippen LogP contribution in [0.1, 0.15) is 0 Å². The van der Waals surface area contributed by atoms with Crippen molar-refractivity contribution in [2.75, 3.05) is 5.32 Å². The van der Waals surface area contributed by atoms with Crippen molar-refractivity contribution in [1.82, 2.24) is 14.8 Å². The molecule has 1 amide bonds. The van der Waals surface area contributed by atoms with Crippen LogP contribution < -0.4 is 5.32 Å². The summed E-state index contributed by atoms with van der Waals surface area (Å²) >= 11 is 7.30. The highest BCUT2D eigenvalue weighted by atomic mass is 35.5. The third kappa shape index (κ3) is 2.74. The summed E-state index contributed by atoms with van der Waals surface area (Å²) in [4.78, 5) is 16.1. The molecule has 0 saturated carbocycles. The Balaban J connectivity index is 1.76. The highest BCUT2D eigenvalue weighted by Crippen LogP contribution is 2.28. The third-order valence-electron chi connectivity index (χ3n) is 2.46. The van der Waals surface area contributed by atoms with Gasteiger partial charge < -0.3 is 5.32 Å². The molecule has 3 rings (SSSR count). The number of carbonyl (C=O) groups is 1. The van der Waals surface area contributed by atoms with Gasteiger partial charge in [-0.15, -0.1) is 0 Å². The zero-order chi connectivity index (χ0) is 13.2. The van der Waals surface area contributed by atoms with Crippen molar-refractivity contribution in [1.29, 1.82) is 0 Å². The molecule has 0 spiro atoms. The van der Waals surface area contributed by atoms with Crippen LogP contribution in [0.25, 0.3) is 10.2 Å². The molecule has 1 aromatic carbocycles. The number of rotatable bonds is 3. The Morgan fingerprint density at radius 1 is 1.47 bits per heavy atom. The fourth-order valence-corrected chi connectivity index (χ4v) is 2.81. The number of nitrogens with one attached hydrogen (secondary N) is 1. The molecule has 0 unspecified atom stereocenters. The second kappa shape index (κ2) is 4.99. The first-order valence-electron chi connectivity index (χ1n) is 5.54. The maximum Gasteiger partial charge on any atom is 0.247 e. The van der Waals surface area contributed by atoms with Gasteiger partial charge in [0, 0.05) is 17.4 Å². The van der Waals surface area contributed by atoms with E-state index in [1.54, 1.807) is 29.2 Å². The van der Waals surface area contributed by atoms with Crippen LogP contribution in [-0.4, -0.2) is 20.7 Å². The van der Waals surface area contributed by atoms with E-state index in [0.717, 1.165) is 10.2 Å². The molecular weight excluding hydrogens is 284 g/mol. The second-order valence-electron chi connectivity index (χ2n) is 3.88. The molecule has 0 aliphatic heterocycles. The van der Waals surface area contributed by atoms with Gasteiger partial charge in [0.1, 0.15) is 6.54 Å². The lowest BCUT2D eigenvalue weighted by Crippen LogP contribution is -2.18. The monoisotopic (exact) mass is 292 g/mol. The summed E-state index contributed by atoms with van der Waals surface area (Å²) in [6, 6.07) is 7.21. The van der Waals surface area contributed by atoms with Crippen molar-refractivity contribution in [3.8, 4) is 0 Å². The fourth-order valence-electron chi connectivity index (χ4n) is 1.65. The van der Waals surface area contributed by atoms with E-state index in [-0.39, 0.29) is 12.5 Å². The van der Waals surface area contributed by atoms with E-state index in [9.17, 15) is 4.79 Å². The zero-order valence-electron chi connectivity index (χ0n) is 9.71. The molecule has 2 aromatic heterocycles. The average Bonchev–Trinajstić information content (AvgIpc) is 2.97. The first kappa shape index (κ1) is 12.1. The van der Waals surface area contributed by atoms with E-state index in [4.69, 9.17) is 11.6 Å². The number of aromatic nitrogens is 3. The Kier molecular flexibility index (Phi) is 3.18. The van der Waals surface area contributed by atoms with Crippen molar-refractivity contribution in [2.24, 2.45) is 0 Å². The molecule has 0 aliphatic rings. The lowest BCUT2D eigenvalue weighted by atomic mass is 10.3. The van der Waals surface area contributed by atoms with Crippen molar-refractivity contribution >= 4 is 44.2 Å². The summed E-state index contributed by atoms with van der Waals surface area (Å²) in [5, 5.41) is 7.95. The number of thiazole rings is 1. The van der Waals surface area contributed by atoms with Crippen LogP contribution in [0.4, 0.5) is 5.13 Å². The Labute approximate surface area is 117 Å². The van der Waals surface area contributed by atoms with Crippen molar-refractivity contribution in [2.45, 2.75) is 6.54 Å². The topological polar surface area (TPSA) is 59.8 Å². The van der Waals surface area contributed by atoms with Crippen LogP contribution in [0.3, 0.4) is 0 Å². The number of carbonyl (C=O) groups excluding carboxylic acids is 1. The minimum Gasteiger partial charge on any atom is -0.300 e. The summed E-state index contributed by atoms with van der Waals surface area (Å²) in [7, 11) is 0. The summed E-state index contributed by atoms with van der Waals surface area (Å²) in [5.41, 5.74) is 0.823. The first-order valence-corrected chi connectivity index (χ1v) is 6.73. The quantitative estimate of drug-likeness (QED) is 0.807. The molecule has 5 nitrogen and oxygen atoms in total. The Hall–Kier alpha value is -1.92. The van der Waals surface area contributed by atoms with E-state index in [1.165, 1.54) is 11.3 Å². The predicted octanol–water partition coefficient (Wildman–Crippen LogP) is 2.78. The Bertz CT molecular complexity index is 722. The van der Waals surface area contributed by atoms with E-state index in [2.05, 4.69) is 15.4 Å². The summed E-state index contributed by atoms with van der Waals surface area (Å²) in [6.07, 6.45) is 3.37. The number of hydrogen-bond donors (Lipinski definition) is 1. The van der Waals surface area contributed by atoms with Gasteiger partial charge in [0.05, 0.1) is 10.2 Å². The molecule has 19 heavy (non-hydrogen) atoms. The minimum absolute atomic E-state index is 0.158. The van der Waals surface area contributed by atoms with Gasteiger partial charge in [0.25, 0.3) is 0 Å². The number of hydrogen-bond acceptors (Lipinski definition) is 4. The molecule has 2 heterocycles. The molecule has 3 aromatic rings. The van der Waals surface area contributed by atoms with Crippen LogP contribution >= 0.6 is 22.9 Å². The van der Waals surface area contributed by atoms with Gasteiger partial charge in [-0.1, -0.05) is 22.9 Å². The molecule has 0 fully saturated rings. The number of anilines is 1. The standard InChI is InChI=1S/C12H9ClN4OS/c13-8-2-3-9-10(6-8)19-12(15-9)16-11(18)7-17-5-1-4-14-17/h1-6H,7H2,(H,15,16,18). The fraction of sp³-hybridized carbons (Fsp3) is 0.0833. The average molecular weight is 293 g/mol. The SMILES string of the molecule is O=C(Cn1cccn1)Nc1nc2ccc(Cl)cc2s1. The normalized spacial score (nSPS) is 10.8. The largest absolute Gasteiger partial charge is 0.300 e. The van der Waals surface area contributed by atoms with Gasteiger partial charge in [-0.25, -0.2) is 4.98 Å². The predicted molar refractivity (Wildman–Crippen MR) is 75.5 cm³/mol. The Morgan fingerprint density at radius 3 is 3.16 bits per heavy atom. The van der Waals surface area contributed by atoms with Gasteiger partial charge in [0.2, 0.25) is 5.91 Å². The highest BCUT2D eigenvalue weighted by molar-refractivity contribution is 7.22. The maximum atomic E-state index is 11.8. The van der Waals surface area contributed by atoms with Crippen LogP contribution in [0.5, 0.6) is 0 Å². The van der Waals surface area contributed by atoms with Crippen molar-refractivity contribution < 1.29 is 4.79 Å². The van der Waals surface area contributed by atoms with Crippen LogP contribution in [0.2, 0.25) is 5.02 Å². The lowest BCUT2D eigenvalue weighted by molar-refractivity contribution is -0.116. The van der Waals surface area contributed by atoms with Gasteiger partial charge in [-0.05, 0) is 24.3 Å². The number of halogens is 1. The molecular formula is C12H9ClN4OS. The van der Waals surface area contributed by atoms with Crippen molar-refractivity contribution in [3.63, 3.8) is 0 Å². The van der Waals surface area contributed by atoms with E-state index >= 15 is 0 Å². The maximum absolute atomic E-state index is 11.8. The summed E-state index contributed by atoms with van der Waals surface area (Å²) < 4.78 is 2.50. The molecule has 0 radical (unpaired) electrons. The van der Waals surface area contributed by atoms with Crippen LogP contribution in [-0.2, 0) is 11.3 Å². The molecule has 0 aliphatic carbocycles. The zero-order valence-corrected chi connectivity index (χ0v) is 11.3. The van der Waals surface area contributed by atoms with Crippen LogP contribution in [0, 0.1) is 0 Å². The van der Waals surface area contributed by atoms with E-state index in [0.29, 0.717) is 10.2 Å². The van der Waals surface area contributed by atoms with Gasteiger partial charge in [-0.2, -0.15) is 5.10 Å². The summed E-state index contributed by atoms with van der Waals surface area (Å²) in [6.45, 7) is 0.170. The van der Waals surface area contributed by atoms with E-state index < -0.39 is 0 Å². The first-order chi connectivity index (χ1) is 9.20.